The molecule has 2 aromatic carbocycles. The number of nitrogens with one attached hydrogen (secondary N) is 2. The largest absolute Gasteiger partial charge is 0.323 e. The number of rotatable bonds is 5. The van der Waals surface area contributed by atoms with Gasteiger partial charge in [0.2, 0.25) is 5.95 Å². The molecule has 0 aliphatic heterocycles. The van der Waals surface area contributed by atoms with E-state index in [0.717, 1.165) is 5.06 Å². The number of pyridine rings is 1. The van der Waals surface area contributed by atoms with Gasteiger partial charge in [-0.1, -0.05) is 35.3 Å². The first-order chi connectivity index (χ1) is 15.3. The first-order valence-electron chi connectivity index (χ1n) is 9.53. The lowest BCUT2D eigenvalue weighted by atomic mass is 10.1. The average molecular weight is 472 g/mol. The molecule has 0 radical (unpaired) electrons. The summed E-state index contributed by atoms with van der Waals surface area (Å²) in [6.45, 7) is 0. The number of carbonyl (C=O) groups is 1. The number of amides is 1. The molecule has 0 aliphatic rings. The third-order valence-electron chi connectivity index (χ3n) is 5.05. The van der Waals surface area contributed by atoms with E-state index in [2.05, 4.69) is 15.3 Å². The number of carbonyl (C=O) groups excluding carboxylic acids is 1. The topological polar surface area (TPSA) is 92.2 Å². The Balaban J connectivity index is 1.79. The van der Waals surface area contributed by atoms with Crippen LogP contribution in [0, 0.1) is 0 Å². The normalized spacial score (nSPS) is 11.5. The van der Waals surface area contributed by atoms with E-state index in [1.807, 2.05) is 12.1 Å². The fourth-order valence-electron chi connectivity index (χ4n) is 3.36. The molecule has 0 bridgehead atoms. The Kier molecular flexibility index (Phi) is 5.92. The molecule has 0 fully saturated rings. The van der Waals surface area contributed by atoms with E-state index in [0.29, 0.717) is 49.2 Å². The number of hydrogen-bond donors (Lipinski definition) is 2. The highest BCUT2D eigenvalue weighted by molar-refractivity contribution is 6.39. The quantitative estimate of drug-likeness (QED) is 0.330. The van der Waals surface area contributed by atoms with Crippen molar-refractivity contribution < 1.29 is 9.63 Å². The van der Waals surface area contributed by atoms with Crippen molar-refractivity contribution in [2.45, 2.75) is 0 Å². The minimum absolute atomic E-state index is 0.300. The van der Waals surface area contributed by atoms with Gasteiger partial charge in [0.15, 0.2) is 0 Å². The Morgan fingerprint density at radius 3 is 2.66 bits per heavy atom. The van der Waals surface area contributed by atoms with E-state index < -0.39 is 0 Å². The molecule has 0 atom stereocenters. The zero-order valence-corrected chi connectivity index (χ0v) is 19.0. The van der Waals surface area contributed by atoms with Crippen LogP contribution in [0.4, 0.5) is 11.6 Å². The molecule has 0 aliphatic carbocycles. The Bertz CT molecular complexity index is 1420. The molecule has 0 saturated heterocycles. The number of para-hydroxylation sites is 1. The zero-order chi connectivity index (χ0) is 23.0. The Hall–Kier alpha value is -3.33. The number of anilines is 2. The Labute approximate surface area is 193 Å². The summed E-state index contributed by atoms with van der Waals surface area (Å²) in [5, 5.41) is 6.33. The number of benzene rings is 2. The van der Waals surface area contributed by atoms with Gasteiger partial charge in [0.05, 0.1) is 39.3 Å². The summed E-state index contributed by atoms with van der Waals surface area (Å²) in [6, 6.07) is 10.6. The van der Waals surface area contributed by atoms with E-state index in [1.54, 1.807) is 35.9 Å². The van der Waals surface area contributed by atoms with Crippen molar-refractivity contribution in [1.82, 2.24) is 19.6 Å². The monoisotopic (exact) mass is 471 g/mol. The number of likely N-dealkylation sites (N-methyl/N-ethyl adjacent to an activating group) is 1. The number of nitrogens with zero attached hydrogens (tertiary/aromatic N) is 3. The van der Waals surface area contributed by atoms with Crippen LogP contribution in [-0.2, 0) is 16.7 Å². The van der Waals surface area contributed by atoms with Crippen LogP contribution in [0.5, 0.6) is 0 Å². The number of aryl methyl sites for hydroxylation is 1. The minimum atomic E-state index is -0.357. The fourth-order valence-corrected chi connectivity index (χ4v) is 3.86. The van der Waals surface area contributed by atoms with E-state index in [-0.39, 0.29) is 11.5 Å². The molecule has 1 amide bonds. The Morgan fingerprint density at radius 2 is 1.97 bits per heavy atom. The SMILES string of the molecule is CON(C)C(=O)C=Cc1cc2ccc3nc(Nc4c(Cl)cccc4Cl)n(C)c3c2c(=O)[nH]1. The van der Waals surface area contributed by atoms with Crippen LogP contribution in [0.3, 0.4) is 0 Å². The van der Waals surface area contributed by atoms with Crippen LogP contribution >= 0.6 is 23.2 Å². The molecule has 164 valence electrons. The predicted octanol–water partition coefficient (Wildman–Crippen LogP) is 4.50. The van der Waals surface area contributed by atoms with Gasteiger partial charge < -0.3 is 14.9 Å². The number of hydrogen-bond acceptors (Lipinski definition) is 5. The maximum atomic E-state index is 13.0. The summed E-state index contributed by atoms with van der Waals surface area (Å²) >= 11 is 12.5. The number of hydroxylamine groups is 2. The molecule has 4 aromatic rings. The number of aromatic amines is 1. The van der Waals surface area contributed by atoms with Crippen LogP contribution in [-0.4, -0.2) is 39.7 Å². The third-order valence-corrected chi connectivity index (χ3v) is 5.68. The van der Waals surface area contributed by atoms with E-state index in [4.69, 9.17) is 28.0 Å². The maximum absolute atomic E-state index is 13.0. The van der Waals surface area contributed by atoms with Crippen molar-refractivity contribution in [3.8, 4) is 0 Å². The van der Waals surface area contributed by atoms with E-state index >= 15 is 0 Å². The van der Waals surface area contributed by atoms with Crippen LogP contribution < -0.4 is 10.9 Å². The molecule has 8 nitrogen and oxygen atoms in total. The fraction of sp³-hybridized carbons (Fsp3) is 0.136. The summed E-state index contributed by atoms with van der Waals surface area (Å²) in [7, 11) is 4.69. The molecular formula is C22H19Cl2N5O3. The summed E-state index contributed by atoms with van der Waals surface area (Å²) in [5.41, 5.74) is 2.01. The molecular weight excluding hydrogens is 453 g/mol. The third kappa shape index (κ3) is 3.95. The highest BCUT2D eigenvalue weighted by Crippen LogP contribution is 2.34. The van der Waals surface area contributed by atoms with Crippen molar-refractivity contribution >= 4 is 68.6 Å². The number of fused-ring (bicyclic) bond motifs is 3. The summed E-state index contributed by atoms with van der Waals surface area (Å²) in [4.78, 5) is 37.1. The average Bonchev–Trinajstić information content (AvgIpc) is 3.09. The second-order valence-electron chi connectivity index (χ2n) is 7.02. The van der Waals surface area contributed by atoms with E-state index in [9.17, 15) is 9.59 Å². The highest BCUT2D eigenvalue weighted by Gasteiger charge is 2.16. The van der Waals surface area contributed by atoms with Gasteiger partial charge in [-0.15, -0.1) is 0 Å². The van der Waals surface area contributed by atoms with Gasteiger partial charge in [-0.05, 0) is 35.7 Å². The van der Waals surface area contributed by atoms with Gasteiger partial charge in [0, 0.05) is 25.9 Å². The van der Waals surface area contributed by atoms with Gasteiger partial charge in [-0.3, -0.25) is 14.4 Å². The molecule has 32 heavy (non-hydrogen) atoms. The van der Waals surface area contributed by atoms with Gasteiger partial charge >= 0.3 is 0 Å². The molecule has 2 N–H and O–H groups in total. The van der Waals surface area contributed by atoms with Crippen molar-refractivity contribution in [3.05, 3.63) is 68.6 Å². The van der Waals surface area contributed by atoms with Crippen molar-refractivity contribution in [2.75, 3.05) is 19.5 Å². The van der Waals surface area contributed by atoms with Crippen LogP contribution in [0.2, 0.25) is 10.0 Å². The molecule has 2 aromatic heterocycles. The van der Waals surface area contributed by atoms with Crippen molar-refractivity contribution in [2.24, 2.45) is 7.05 Å². The van der Waals surface area contributed by atoms with Gasteiger partial charge in [-0.25, -0.2) is 10.0 Å². The summed E-state index contributed by atoms with van der Waals surface area (Å²) < 4.78 is 1.78. The maximum Gasteiger partial charge on any atom is 0.269 e. The van der Waals surface area contributed by atoms with Crippen molar-refractivity contribution in [3.63, 3.8) is 0 Å². The van der Waals surface area contributed by atoms with E-state index in [1.165, 1.54) is 26.3 Å². The lowest BCUT2D eigenvalue weighted by Gasteiger charge is -2.10. The van der Waals surface area contributed by atoms with Gasteiger partial charge in [0.1, 0.15) is 0 Å². The summed E-state index contributed by atoms with van der Waals surface area (Å²) in [5.74, 6) is 0.128. The lowest BCUT2D eigenvalue weighted by molar-refractivity contribution is -0.162. The molecule has 0 spiro atoms. The summed E-state index contributed by atoms with van der Waals surface area (Å²) in [6.07, 6.45) is 2.84. The second kappa shape index (κ2) is 8.66. The number of aromatic nitrogens is 3. The van der Waals surface area contributed by atoms with Crippen LogP contribution in [0.15, 0.2) is 47.3 Å². The first-order valence-corrected chi connectivity index (χ1v) is 10.3. The zero-order valence-electron chi connectivity index (χ0n) is 17.4. The second-order valence-corrected chi connectivity index (χ2v) is 7.83. The van der Waals surface area contributed by atoms with Crippen LogP contribution in [0.1, 0.15) is 5.69 Å². The molecule has 0 unspecified atom stereocenters. The molecule has 10 heteroatoms. The van der Waals surface area contributed by atoms with Gasteiger partial charge in [-0.2, -0.15) is 0 Å². The first kappa shape index (κ1) is 21.9. The number of H-pyrrole nitrogens is 1. The molecule has 4 rings (SSSR count). The number of imidazole rings is 1. The van der Waals surface area contributed by atoms with Gasteiger partial charge in [0.25, 0.3) is 11.5 Å². The Morgan fingerprint density at radius 1 is 1.25 bits per heavy atom. The molecule has 0 saturated carbocycles. The predicted molar refractivity (Wildman–Crippen MR) is 127 cm³/mol. The standard InChI is InChI=1S/C22H19Cl2N5O3/c1-28-20-16(26-22(28)27-19-14(23)5-4-6-15(19)24)9-7-12-11-13(25-21(31)18(12)20)8-10-17(30)29(2)32-3/h4-11H,1-3H3,(H,25,31)(H,26,27). The molecule has 2 heterocycles. The highest BCUT2D eigenvalue weighted by atomic mass is 35.5. The van der Waals surface area contributed by atoms with Crippen molar-refractivity contribution in [1.29, 1.82) is 0 Å². The number of halogens is 2. The smallest absolute Gasteiger partial charge is 0.269 e. The minimum Gasteiger partial charge on any atom is -0.323 e. The van der Waals surface area contributed by atoms with Crippen LogP contribution in [0.25, 0.3) is 27.9 Å². The lowest BCUT2D eigenvalue weighted by Crippen LogP contribution is -2.23.